The molecule has 0 heterocycles. The Morgan fingerprint density at radius 3 is 2.33 bits per heavy atom. The van der Waals surface area contributed by atoms with Crippen molar-refractivity contribution < 1.29 is 9.47 Å². The molecule has 0 aliphatic carbocycles. The molecule has 0 spiro atoms. The van der Waals surface area contributed by atoms with Gasteiger partial charge in [0.05, 0.1) is 19.4 Å². The number of rotatable bonds is 8. The van der Waals surface area contributed by atoms with Gasteiger partial charge in [0.1, 0.15) is 11.5 Å². The van der Waals surface area contributed by atoms with Crippen molar-refractivity contribution in [1.29, 1.82) is 0 Å². The normalized spacial score (nSPS) is 10.0. The highest BCUT2D eigenvalue weighted by molar-refractivity contribution is 5.56. The van der Waals surface area contributed by atoms with E-state index in [-0.39, 0.29) is 0 Å². The SMILES string of the molecule is CCOc1ccc(NCCNc2ccccc2OC)cc1. The second-order valence-corrected chi connectivity index (χ2v) is 4.51. The summed E-state index contributed by atoms with van der Waals surface area (Å²) in [7, 11) is 1.68. The Hall–Kier alpha value is -2.36. The van der Waals surface area contributed by atoms with Crippen molar-refractivity contribution >= 4 is 11.4 Å². The zero-order valence-electron chi connectivity index (χ0n) is 12.6. The van der Waals surface area contributed by atoms with Crippen LogP contribution >= 0.6 is 0 Å². The first-order valence-corrected chi connectivity index (χ1v) is 7.17. The zero-order chi connectivity index (χ0) is 14.9. The van der Waals surface area contributed by atoms with Crippen molar-refractivity contribution in [3.63, 3.8) is 0 Å². The maximum atomic E-state index is 5.42. The van der Waals surface area contributed by atoms with Crippen LogP contribution < -0.4 is 20.1 Å². The smallest absolute Gasteiger partial charge is 0.141 e. The quantitative estimate of drug-likeness (QED) is 0.727. The van der Waals surface area contributed by atoms with Crippen LogP contribution in [-0.2, 0) is 0 Å². The molecule has 0 fully saturated rings. The van der Waals surface area contributed by atoms with E-state index in [0.29, 0.717) is 6.61 Å². The van der Waals surface area contributed by atoms with Crippen molar-refractivity contribution in [3.8, 4) is 11.5 Å². The molecular formula is C17H22N2O2. The molecule has 112 valence electrons. The number of para-hydroxylation sites is 2. The van der Waals surface area contributed by atoms with Gasteiger partial charge in [0.2, 0.25) is 0 Å². The van der Waals surface area contributed by atoms with Gasteiger partial charge < -0.3 is 20.1 Å². The molecule has 2 aromatic carbocycles. The average molecular weight is 286 g/mol. The topological polar surface area (TPSA) is 42.5 Å². The standard InChI is InChI=1S/C17H22N2O2/c1-3-21-15-10-8-14(9-11-15)18-12-13-19-16-6-4-5-7-17(16)20-2/h4-11,18-19H,3,12-13H2,1-2H3. The van der Waals surface area contributed by atoms with Crippen molar-refractivity contribution in [3.05, 3.63) is 48.5 Å². The van der Waals surface area contributed by atoms with Crippen LogP contribution in [0.25, 0.3) is 0 Å². The van der Waals surface area contributed by atoms with E-state index in [1.165, 1.54) is 0 Å². The fourth-order valence-corrected chi connectivity index (χ4v) is 2.03. The largest absolute Gasteiger partial charge is 0.495 e. The van der Waals surface area contributed by atoms with Crippen LogP contribution in [0.2, 0.25) is 0 Å². The highest BCUT2D eigenvalue weighted by atomic mass is 16.5. The van der Waals surface area contributed by atoms with E-state index in [2.05, 4.69) is 10.6 Å². The average Bonchev–Trinajstić information content (AvgIpc) is 2.54. The molecule has 0 atom stereocenters. The molecule has 0 aromatic heterocycles. The highest BCUT2D eigenvalue weighted by Crippen LogP contribution is 2.22. The second-order valence-electron chi connectivity index (χ2n) is 4.51. The molecular weight excluding hydrogens is 264 g/mol. The minimum atomic E-state index is 0.690. The van der Waals surface area contributed by atoms with Crippen LogP contribution in [0.3, 0.4) is 0 Å². The monoisotopic (exact) mass is 286 g/mol. The van der Waals surface area contributed by atoms with Crippen molar-refractivity contribution in [1.82, 2.24) is 0 Å². The van der Waals surface area contributed by atoms with Gasteiger partial charge in [0, 0.05) is 18.8 Å². The summed E-state index contributed by atoms with van der Waals surface area (Å²) in [5, 5.41) is 6.72. The third kappa shape index (κ3) is 4.60. The van der Waals surface area contributed by atoms with Gasteiger partial charge in [-0.25, -0.2) is 0 Å². The molecule has 0 amide bonds. The lowest BCUT2D eigenvalue weighted by atomic mass is 10.3. The molecule has 0 saturated heterocycles. The predicted molar refractivity (Wildman–Crippen MR) is 87.6 cm³/mol. The van der Waals surface area contributed by atoms with Gasteiger partial charge in [-0.3, -0.25) is 0 Å². The second kappa shape index (κ2) is 8.04. The van der Waals surface area contributed by atoms with Gasteiger partial charge in [0.15, 0.2) is 0 Å². The first-order valence-electron chi connectivity index (χ1n) is 7.17. The Kier molecular flexibility index (Phi) is 5.76. The van der Waals surface area contributed by atoms with Gasteiger partial charge in [0.25, 0.3) is 0 Å². The summed E-state index contributed by atoms with van der Waals surface area (Å²) in [5.41, 5.74) is 2.09. The van der Waals surface area contributed by atoms with Crippen molar-refractivity contribution in [2.45, 2.75) is 6.92 Å². The van der Waals surface area contributed by atoms with E-state index < -0.39 is 0 Å². The maximum Gasteiger partial charge on any atom is 0.141 e. The summed E-state index contributed by atoms with van der Waals surface area (Å²) in [6.07, 6.45) is 0. The molecule has 4 nitrogen and oxygen atoms in total. The molecule has 21 heavy (non-hydrogen) atoms. The summed E-state index contributed by atoms with van der Waals surface area (Å²) in [6, 6.07) is 15.9. The lowest BCUT2D eigenvalue weighted by molar-refractivity contribution is 0.340. The lowest BCUT2D eigenvalue weighted by Crippen LogP contribution is -2.14. The van der Waals surface area contributed by atoms with E-state index in [0.717, 1.165) is 36.0 Å². The molecule has 0 aliphatic rings. The Labute approximate surface area is 126 Å². The number of ether oxygens (including phenoxy) is 2. The minimum Gasteiger partial charge on any atom is -0.495 e. The molecule has 4 heteroatoms. The fraction of sp³-hybridized carbons (Fsp3) is 0.294. The summed E-state index contributed by atoms with van der Waals surface area (Å²) < 4.78 is 10.7. The number of nitrogens with one attached hydrogen (secondary N) is 2. The minimum absolute atomic E-state index is 0.690. The number of hydrogen-bond donors (Lipinski definition) is 2. The predicted octanol–water partition coefficient (Wildman–Crippen LogP) is 3.62. The van der Waals surface area contributed by atoms with Gasteiger partial charge in [-0.05, 0) is 43.3 Å². The molecule has 0 aliphatic heterocycles. The van der Waals surface area contributed by atoms with Gasteiger partial charge in [-0.1, -0.05) is 12.1 Å². The van der Waals surface area contributed by atoms with Crippen LogP contribution in [0.4, 0.5) is 11.4 Å². The molecule has 0 saturated carbocycles. The van der Waals surface area contributed by atoms with Crippen LogP contribution in [0.5, 0.6) is 11.5 Å². The zero-order valence-corrected chi connectivity index (χ0v) is 12.6. The molecule has 0 bridgehead atoms. The number of benzene rings is 2. The van der Waals surface area contributed by atoms with E-state index in [9.17, 15) is 0 Å². The van der Waals surface area contributed by atoms with Crippen LogP contribution in [0.1, 0.15) is 6.92 Å². The third-order valence-electron chi connectivity index (χ3n) is 3.04. The first kappa shape index (κ1) is 15.0. The van der Waals surface area contributed by atoms with E-state index >= 15 is 0 Å². The number of hydrogen-bond acceptors (Lipinski definition) is 4. The van der Waals surface area contributed by atoms with Crippen molar-refractivity contribution in [2.24, 2.45) is 0 Å². The lowest BCUT2D eigenvalue weighted by Gasteiger charge is -2.12. The Balaban J connectivity index is 1.76. The van der Waals surface area contributed by atoms with Gasteiger partial charge in [-0.2, -0.15) is 0 Å². The Morgan fingerprint density at radius 1 is 0.905 bits per heavy atom. The Bertz CT molecular complexity index is 541. The fourth-order valence-electron chi connectivity index (χ4n) is 2.03. The Morgan fingerprint density at radius 2 is 1.62 bits per heavy atom. The number of methoxy groups -OCH3 is 1. The van der Waals surface area contributed by atoms with E-state index in [1.807, 2.05) is 55.5 Å². The summed E-state index contributed by atoms with van der Waals surface area (Å²) in [6.45, 7) is 4.31. The summed E-state index contributed by atoms with van der Waals surface area (Å²) in [4.78, 5) is 0. The first-order chi connectivity index (χ1) is 10.3. The van der Waals surface area contributed by atoms with E-state index in [1.54, 1.807) is 7.11 Å². The molecule has 2 rings (SSSR count). The van der Waals surface area contributed by atoms with Gasteiger partial charge >= 0.3 is 0 Å². The third-order valence-corrected chi connectivity index (χ3v) is 3.04. The number of anilines is 2. The van der Waals surface area contributed by atoms with Crippen LogP contribution in [0, 0.1) is 0 Å². The molecule has 2 aromatic rings. The molecule has 0 radical (unpaired) electrons. The van der Waals surface area contributed by atoms with Gasteiger partial charge in [-0.15, -0.1) is 0 Å². The van der Waals surface area contributed by atoms with E-state index in [4.69, 9.17) is 9.47 Å². The molecule has 0 unspecified atom stereocenters. The molecule has 2 N–H and O–H groups in total. The van der Waals surface area contributed by atoms with Crippen LogP contribution in [-0.4, -0.2) is 26.8 Å². The van der Waals surface area contributed by atoms with Crippen LogP contribution in [0.15, 0.2) is 48.5 Å². The maximum absolute atomic E-state index is 5.42. The summed E-state index contributed by atoms with van der Waals surface area (Å²) >= 11 is 0. The highest BCUT2D eigenvalue weighted by Gasteiger charge is 1.99. The van der Waals surface area contributed by atoms with Crippen molar-refractivity contribution in [2.75, 3.05) is 37.4 Å². The summed E-state index contributed by atoms with van der Waals surface area (Å²) in [5.74, 6) is 1.76.